The zero-order valence-corrected chi connectivity index (χ0v) is 12.1. The molecule has 1 saturated heterocycles. The molecule has 0 amide bonds. The van der Waals surface area contributed by atoms with E-state index in [0.717, 1.165) is 31.2 Å². The first-order chi connectivity index (χ1) is 8.69. The fourth-order valence-electron chi connectivity index (χ4n) is 2.51. The van der Waals surface area contributed by atoms with Gasteiger partial charge in [0.2, 0.25) is 0 Å². The molecule has 1 N–H and O–H groups in total. The molecule has 0 saturated carbocycles. The van der Waals surface area contributed by atoms with E-state index < -0.39 is 0 Å². The summed E-state index contributed by atoms with van der Waals surface area (Å²) in [4.78, 5) is 2.52. The molecule has 0 bridgehead atoms. The van der Waals surface area contributed by atoms with Crippen LogP contribution in [0.25, 0.3) is 0 Å². The SMILES string of the molecule is CCC1CN(Cc2ccc(C)cc2Cl)CCCN1. The summed E-state index contributed by atoms with van der Waals surface area (Å²) in [6.07, 6.45) is 2.41. The van der Waals surface area contributed by atoms with Gasteiger partial charge in [0, 0.05) is 24.2 Å². The summed E-state index contributed by atoms with van der Waals surface area (Å²) in [5.41, 5.74) is 2.48. The van der Waals surface area contributed by atoms with Gasteiger partial charge in [0.15, 0.2) is 0 Å². The molecule has 0 radical (unpaired) electrons. The number of nitrogens with zero attached hydrogens (tertiary/aromatic N) is 1. The van der Waals surface area contributed by atoms with Gasteiger partial charge < -0.3 is 5.32 Å². The smallest absolute Gasteiger partial charge is 0.0453 e. The second-order valence-corrected chi connectivity index (χ2v) is 5.65. The van der Waals surface area contributed by atoms with Crippen molar-refractivity contribution in [2.45, 2.75) is 39.3 Å². The van der Waals surface area contributed by atoms with Crippen LogP contribution in [0.3, 0.4) is 0 Å². The van der Waals surface area contributed by atoms with Crippen LogP contribution >= 0.6 is 11.6 Å². The summed E-state index contributed by atoms with van der Waals surface area (Å²) in [5, 5.41) is 4.50. The van der Waals surface area contributed by atoms with E-state index in [1.165, 1.54) is 24.0 Å². The molecule has 1 aliphatic rings. The monoisotopic (exact) mass is 266 g/mol. The van der Waals surface area contributed by atoms with E-state index in [-0.39, 0.29) is 0 Å². The molecule has 1 heterocycles. The van der Waals surface area contributed by atoms with E-state index in [0.29, 0.717) is 6.04 Å². The van der Waals surface area contributed by atoms with Gasteiger partial charge in [-0.1, -0.05) is 30.7 Å². The summed E-state index contributed by atoms with van der Waals surface area (Å²) in [6, 6.07) is 6.99. The summed E-state index contributed by atoms with van der Waals surface area (Å²) in [6.45, 7) is 8.72. The molecule has 2 nitrogen and oxygen atoms in total. The average molecular weight is 267 g/mol. The topological polar surface area (TPSA) is 15.3 Å². The van der Waals surface area contributed by atoms with Crippen LogP contribution < -0.4 is 5.32 Å². The van der Waals surface area contributed by atoms with Crippen molar-refractivity contribution in [2.75, 3.05) is 19.6 Å². The van der Waals surface area contributed by atoms with Crippen molar-refractivity contribution in [3.05, 3.63) is 34.3 Å². The number of rotatable bonds is 3. The zero-order chi connectivity index (χ0) is 13.0. The third-order valence-corrected chi connectivity index (χ3v) is 4.01. The van der Waals surface area contributed by atoms with Gasteiger partial charge in [-0.2, -0.15) is 0 Å². The minimum atomic E-state index is 0.622. The maximum Gasteiger partial charge on any atom is 0.0453 e. The Bertz CT molecular complexity index is 392. The highest BCUT2D eigenvalue weighted by molar-refractivity contribution is 6.31. The summed E-state index contributed by atoms with van der Waals surface area (Å²) >= 11 is 6.32. The molecule has 100 valence electrons. The summed E-state index contributed by atoms with van der Waals surface area (Å²) in [7, 11) is 0. The van der Waals surface area contributed by atoms with Crippen LogP contribution in [0.4, 0.5) is 0 Å². The molecule has 1 fully saturated rings. The van der Waals surface area contributed by atoms with Gasteiger partial charge in [0.05, 0.1) is 0 Å². The Labute approximate surface area is 115 Å². The van der Waals surface area contributed by atoms with E-state index in [1.807, 2.05) is 0 Å². The van der Waals surface area contributed by atoms with Gasteiger partial charge in [-0.15, -0.1) is 0 Å². The maximum absolute atomic E-state index is 6.32. The van der Waals surface area contributed by atoms with Crippen molar-refractivity contribution in [3.63, 3.8) is 0 Å². The quantitative estimate of drug-likeness (QED) is 0.904. The molecule has 2 rings (SSSR count). The normalized spacial score (nSPS) is 21.8. The lowest BCUT2D eigenvalue weighted by molar-refractivity contribution is 0.257. The van der Waals surface area contributed by atoms with Gasteiger partial charge in [0.25, 0.3) is 0 Å². The first-order valence-corrected chi connectivity index (χ1v) is 7.27. The number of aryl methyl sites for hydroxylation is 1. The molecule has 18 heavy (non-hydrogen) atoms. The lowest BCUT2D eigenvalue weighted by Crippen LogP contribution is -2.36. The first-order valence-electron chi connectivity index (χ1n) is 6.90. The fourth-order valence-corrected chi connectivity index (χ4v) is 2.81. The Hall–Kier alpha value is -0.570. The van der Waals surface area contributed by atoms with Crippen molar-refractivity contribution in [3.8, 4) is 0 Å². The fraction of sp³-hybridized carbons (Fsp3) is 0.600. The van der Waals surface area contributed by atoms with Crippen molar-refractivity contribution in [1.29, 1.82) is 0 Å². The maximum atomic E-state index is 6.32. The third kappa shape index (κ3) is 3.71. The minimum Gasteiger partial charge on any atom is -0.313 e. The van der Waals surface area contributed by atoms with Crippen molar-refractivity contribution in [1.82, 2.24) is 10.2 Å². The summed E-state index contributed by atoms with van der Waals surface area (Å²) < 4.78 is 0. The van der Waals surface area contributed by atoms with Crippen LogP contribution in [0.15, 0.2) is 18.2 Å². The van der Waals surface area contributed by atoms with Crippen LogP contribution in [0.2, 0.25) is 5.02 Å². The predicted octanol–water partition coefficient (Wildman–Crippen LogP) is 3.22. The number of hydrogen-bond acceptors (Lipinski definition) is 2. The highest BCUT2D eigenvalue weighted by Crippen LogP contribution is 2.20. The molecule has 1 unspecified atom stereocenters. The van der Waals surface area contributed by atoms with Crippen LogP contribution in [0, 0.1) is 6.92 Å². The van der Waals surface area contributed by atoms with E-state index in [9.17, 15) is 0 Å². The molecule has 0 spiro atoms. The zero-order valence-electron chi connectivity index (χ0n) is 11.4. The predicted molar refractivity (Wildman–Crippen MR) is 78.2 cm³/mol. The van der Waals surface area contributed by atoms with Crippen molar-refractivity contribution < 1.29 is 0 Å². The third-order valence-electron chi connectivity index (χ3n) is 3.66. The molecule has 1 aromatic rings. The van der Waals surface area contributed by atoms with Gasteiger partial charge >= 0.3 is 0 Å². The van der Waals surface area contributed by atoms with Crippen LogP contribution in [-0.4, -0.2) is 30.6 Å². The van der Waals surface area contributed by atoms with Crippen LogP contribution in [0.1, 0.15) is 30.9 Å². The molecule has 1 aliphatic heterocycles. The standard InChI is InChI=1S/C15H23ClN2/c1-3-14-11-18(8-4-7-17-14)10-13-6-5-12(2)9-15(13)16/h5-6,9,14,17H,3-4,7-8,10-11H2,1-2H3. The molecule has 0 aliphatic carbocycles. The summed E-state index contributed by atoms with van der Waals surface area (Å²) in [5.74, 6) is 0. The number of halogens is 1. The Balaban J connectivity index is 2.02. The first kappa shape index (κ1) is 13.9. The van der Waals surface area contributed by atoms with Gasteiger partial charge in [-0.3, -0.25) is 4.90 Å². The second-order valence-electron chi connectivity index (χ2n) is 5.24. The van der Waals surface area contributed by atoms with Gasteiger partial charge in [-0.25, -0.2) is 0 Å². The second kappa shape index (κ2) is 6.55. The van der Waals surface area contributed by atoms with E-state index in [1.54, 1.807) is 0 Å². The molecular formula is C15H23ClN2. The molecule has 1 atom stereocenters. The average Bonchev–Trinajstić information content (AvgIpc) is 2.58. The van der Waals surface area contributed by atoms with Crippen LogP contribution in [-0.2, 0) is 6.54 Å². The van der Waals surface area contributed by atoms with E-state index in [2.05, 4.69) is 42.3 Å². The van der Waals surface area contributed by atoms with Gasteiger partial charge in [0.1, 0.15) is 0 Å². The van der Waals surface area contributed by atoms with Crippen LogP contribution in [0.5, 0.6) is 0 Å². The molecule has 3 heteroatoms. The molecule has 0 aromatic heterocycles. The van der Waals surface area contributed by atoms with Crippen molar-refractivity contribution >= 4 is 11.6 Å². The molecular weight excluding hydrogens is 244 g/mol. The van der Waals surface area contributed by atoms with Gasteiger partial charge in [-0.05, 0) is 50.0 Å². The largest absolute Gasteiger partial charge is 0.313 e. The highest BCUT2D eigenvalue weighted by Gasteiger charge is 2.16. The van der Waals surface area contributed by atoms with E-state index in [4.69, 9.17) is 11.6 Å². The Kier molecular flexibility index (Phi) is 5.04. The van der Waals surface area contributed by atoms with E-state index >= 15 is 0 Å². The Morgan fingerprint density at radius 2 is 2.28 bits per heavy atom. The lowest BCUT2D eigenvalue weighted by atomic mass is 10.1. The Morgan fingerprint density at radius 1 is 1.44 bits per heavy atom. The highest BCUT2D eigenvalue weighted by atomic mass is 35.5. The lowest BCUT2D eigenvalue weighted by Gasteiger charge is -2.24. The number of benzene rings is 1. The Morgan fingerprint density at radius 3 is 3.00 bits per heavy atom. The minimum absolute atomic E-state index is 0.622. The number of nitrogens with one attached hydrogen (secondary N) is 1. The number of hydrogen-bond donors (Lipinski definition) is 1. The molecule has 1 aromatic carbocycles. The van der Waals surface area contributed by atoms with Crippen molar-refractivity contribution in [2.24, 2.45) is 0 Å².